The molecule has 222 valence electrons. The molecule has 11 heteroatoms. The number of rotatable bonds is 10. The van der Waals surface area contributed by atoms with Gasteiger partial charge in [0.2, 0.25) is 17.7 Å². The summed E-state index contributed by atoms with van der Waals surface area (Å²) in [5, 5.41) is 8.43. The molecule has 0 aliphatic carbocycles. The molecule has 2 saturated heterocycles. The lowest BCUT2D eigenvalue weighted by atomic mass is 9.93. The van der Waals surface area contributed by atoms with Gasteiger partial charge in [-0.05, 0) is 83.5 Å². The minimum Gasteiger partial charge on any atom is -0.497 e. The van der Waals surface area contributed by atoms with Gasteiger partial charge in [0.15, 0.2) is 0 Å². The van der Waals surface area contributed by atoms with Crippen LogP contribution in [0.1, 0.15) is 65.4 Å². The fraction of sp³-hybridized carbons (Fsp3) is 0.655. The van der Waals surface area contributed by atoms with Crippen LogP contribution in [0.25, 0.3) is 0 Å². The summed E-state index contributed by atoms with van der Waals surface area (Å²) >= 11 is 0. The van der Waals surface area contributed by atoms with E-state index in [1.807, 2.05) is 24.3 Å². The van der Waals surface area contributed by atoms with Crippen LogP contribution >= 0.6 is 0 Å². The van der Waals surface area contributed by atoms with Crippen LogP contribution in [0, 0.1) is 5.92 Å². The third-order valence-corrected chi connectivity index (χ3v) is 7.56. The number of fused-ring (bicyclic) bond motifs is 1. The number of nitrogens with zero attached hydrogens (tertiary/aromatic N) is 1. The van der Waals surface area contributed by atoms with Crippen LogP contribution in [-0.4, -0.2) is 78.7 Å². The molecule has 0 bridgehead atoms. The second-order valence-corrected chi connectivity index (χ2v) is 11.5. The molecule has 0 saturated carbocycles. The predicted molar refractivity (Wildman–Crippen MR) is 151 cm³/mol. The van der Waals surface area contributed by atoms with E-state index in [-0.39, 0.29) is 30.3 Å². The molecule has 0 aromatic heterocycles. The zero-order valence-electron chi connectivity index (χ0n) is 24.3. The van der Waals surface area contributed by atoms with E-state index < -0.39 is 35.7 Å². The number of ether oxygens (including phenoxy) is 2. The van der Waals surface area contributed by atoms with Crippen molar-refractivity contribution in [2.45, 2.75) is 96.0 Å². The highest BCUT2D eigenvalue weighted by atomic mass is 16.6. The van der Waals surface area contributed by atoms with Crippen molar-refractivity contribution in [1.82, 2.24) is 20.9 Å². The number of alkyl carbamates (subject to hydrolysis) is 1. The van der Waals surface area contributed by atoms with E-state index in [2.05, 4.69) is 16.0 Å². The lowest BCUT2D eigenvalue weighted by Crippen LogP contribution is -2.59. The largest absolute Gasteiger partial charge is 0.497 e. The van der Waals surface area contributed by atoms with E-state index in [1.165, 1.54) is 0 Å². The topological polar surface area (TPSA) is 152 Å². The van der Waals surface area contributed by atoms with Gasteiger partial charge in [-0.25, -0.2) is 4.79 Å². The lowest BCUT2D eigenvalue weighted by molar-refractivity contribution is -0.143. The summed E-state index contributed by atoms with van der Waals surface area (Å²) in [6, 6.07) is 5.22. The molecule has 0 unspecified atom stereocenters. The molecule has 40 heavy (non-hydrogen) atoms. The Morgan fingerprint density at radius 2 is 1.77 bits per heavy atom. The fourth-order valence-corrected chi connectivity index (χ4v) is 5.42. The van der Waals surface area contributed by atoms with E-state index >= 15 is 0 Å². The first-order valence-corrected chi connectivity index (χ1v) is 14.2. The molecule has 5 atom stereocenters. The normalized spacial score (nSPS) is 23.4. The maximum Gasteiger partial charge on any atom is 0.408 e. The minimum absolute atomic E-state index is 0.0809. The summed E-state index contributed by atoms with van der Waals surface area (Å²) in [6.45, 7) is 7.63. The molecular formula is C29H45N5O6. The fourth-order valence-electron chi connectivity index (χ4n) is 5.42. The van der Waals surface area contributed by atoms with E-state index in [1.54, 1.807) is 39.7 Å². The maximum atomic E-state index is 13.9. The Hall–Kier alpha value is -3.34. The maximum absolute atomic E-state index is 13.9. The van der Waals surface area contributed by atoms with E-state index in [4.69, 9.17) is 15.2 Å². The SMILES string of the molecule is CC[C@H](NC(=O)OC(C)(C)C)C(=O)N[C@@H]1C(=O)N2[C@@H](CC[C@@H]1CN)CC[C@H]2C(=O)NCCc1ccc(OC)cc1. The number of carbonyl (C=O) groups is 4. The molecule has 1 aromatic carbocycles. The van der Waals surface area contributed by atoms with Crippen LogP contribution in [0.2, 0.25) is 0 Å². The first kappa shape index (κ1) is 31.2. The Morgan fingerprint density at radius 1 is 1.10 bits per heavy atom. The van der Waals surface area contributed by atoms with Gasteiger partial charge in [-0.3, -0.25) is 14.4 Å². The number of benzene rings is 1. The third kappa shape index (κ3) is 8.09. The summed E-state index contributed by atoms with van der Waals surface area (Å²) < 4.78 is 10.5. The molecule has 1 aromatic rings. The zero-order valence-corrected chi connectivity index (χ0v) is 24.3. The van der Waals surface area contributed by atoms with Crippen LogP contribution in [-0.2, 0) is 25.5 Å². The summed E-state index contributed by atoms with van der Waals surface area (Å²) in [5.41, 5.74) is 6.40. The third-order valence-electron chi connectivity index (χ3n) is 7.56. The van der Waals surface area contributed by atoms with Crippen molar-refractivity contribution < 1.29 is 28.7 Å². The van der Waals surface area contributed by atoms with Gasteiger partial charge in [-0.2, -0.15) is 0 Å². The summed E-state index contributed by atoms with van der Waals surface area (Å²) in [7, 11) is 1.61. The highest BCUT2D eigenvalue weighted by Crippen LogP contribution is 2.34. The quantitative estimate of drug-likeness (QED) is 0.341. The standard InChI is InChI=1S/C29H45N5O6/c1-6-22(32-28(38)40-29(2,3)4)25(35)33-24-19(17-30)9-10-20-11-14-23(34(20)27(24)37)26(36)31-16-15-18-7-12-21(39-5)13-8-18/h7-8,12-13,19-20,22-24H,6,9-11,14-17,30H2,1-5H3,(H,31,36)(H,32,38)(H,33,35)/t19-,20+,22+,23+,24+/m1/s1. The molecule has 2 fully saturated rings. The van der Waals surface area contributed by atoms with Crippen molar-refractivity contribution in [2.24, 2.45) is 11.7 Å². The molecule has 5 N–H and O–H groups in total. The Balaban J connectivity index is 1.66. The van der Waals surface area contributed by atoms with Crippen molar-refractivity contribution in [3.63, 3.8) is 0 Å². The molecule has 11 nitrogen and oxygen atoms in total. The van der Waals surface area contributed by atoms with Crippen molar-refractivity contribution in [1.29, 1.82) is 0 Å². The van der Waals surface area contributed by atoms with Crippen LogP contribution in [0.4, 0.5) is 4.79 Å². The van der Waals surface area contributed by atoms with Gasteiger partial charge >= 0.3 is 6.09 Å². The van der Waals surface area contributed by atoms with E-state index in [9.17, 15) is 19.2 Å². The highest BCUT2D eigenvalue weighted by molar-refractivity contribution is 5.94. The van der Waals surface area contributed by atoms with Crippen LogP contribution in [0.15, 0.2) is 24.3 Å². The molecule has 3 rings (SSSR count). The van der Waals surface area contributed by atoms with Gasteiger partial charge in [-0.1, -0.05) is 19.1 Å². The second-order valence-electron chi connectivity index (χ2n) is 11.5. The first-order valence-electron chi connectivity index (χ1n) is 14.2. The number of hydrogen-bond donors (Lipinski definition) is 4. The molecule has 2 heterocycles. The minimum atomic E-state index is -0.885. The summed E-state index contributed by atoms with van der Waals surface area (Å²) in [4.78, 5) is 54.2. The van der Waals surface area contributed by atoms with Gasteiger partial charge in [0.05, 0.1) is 7.11 Å². The summed E-state index contributed by atoms with van der Waals surface area (Å²) in [6.07, 6.45) is 2.90. The Labute approximate surface area is 236 Å². The van der Waals surface area contributed by atoms with E-state index in [0.29, 0.717) is 38.6 Å². The second kappa shape index (κ2) is 13.8. The first-order chi connectivity index (χ1) is 19.0. The van der Waals surface area contributed by atoms with Crippen LogP contribution < -0.4 is 26.4 Å². The molecule has 2 aliphatic rings. The molecule has 4 amide bonds. The smallest absolute Gasteiger partial charge is 0.408 e. The predicted octanol–water partition coefficient (Wildman–Crippen LogP) is 1.87. The average Bonchev–Trinajstić information content (AvgIpc) is 3.29. The Kier molecular flexibility index (Phi) is 10.8. The van der Waals surface area contributed by atoms with E-state index in [0.717, 1.165) is 17.7 Å². The van der Waals surface area contributed by atoms with Crippen molar-refractivity contribution >= 4 is 23.8 Å². The van der Waals surface area contributed by atoms with Gasteiger partial charge in [-0.15, -0.1) is 0 Å². The van der Waals surface area contributed by atoms with Gasteiger partial charge in [0.25, 0.3) is 0 Å². The average molecular weight is 560 g/mol. The van der Waals surface area contributed by atoms with Gasteiger partial charge < -0.3 is 36.1 Å². The van der Waals surface area contributed by atoms with Gasteiger partial charge in [0, 0.05) is 18.5 Å². The van der Waals surface area contributed by atoms with Crippen LogP contribution in [0.5, 0.6) is 5.75 Å². The number of nitrogens with two attached hydrogens (primary N) is 1. The molecule has 0 spiro atoms. The molecule has 0 radical (unpaired) electrons. The number of hydrogen-bond acceptors (Lipinski definition) is 7. The zero-order chi connectivity index (χ0) is 29.4. The molecule has 2 aliphatic heterocycles. The number of carbonyl (C=O) groups excluding carboxylic acids is 4. The monoisotopic (exact) mass is 559 g/mol. The Bertz CT molecular complexity index is 1040. The lowest BCUT2D eigenvalue weighted by Gasteiger charge is -2.32. The molecular weight excluding hydrogens is 514 g/mol. The summed E-state index contributed by atoms with van der Waals surface area (Å²) in [5.74, 6) is -0.485. The van der Waals surface area contributed by atoms with Crippen LogP contribution in [0.3, 0.4) is 0 Å². The number of methoxy groups -OCH3 is 1. The Morgan fingerprint density at radius 3 is 2.38 bits per heavy atom. The van der Waals surface area contributed by atoms with Gasteiger partial charge in [0.1, 0.15) is 29.5 Å². The number of amides is 4. The highest BCUT2D eigenvalue weighted by Gasteiger charge is 2.47. The van der Waals surface area contributed by atoms with Crippen molar-refractivity contribution in [3.8, 4) is 5.75 Å². The van der Waals surface area contributed by atoms with Crippen molar-refractivity contribution in [2.75, 3.05) is 20.2 Å². The number of nitrogens with one attached hydrogen (secondary N) is 3. The van der Waals surface area contributed by atoms with Crippen molar-refractivity contribution in [3.05, 3.63) is 29.8 Å².